The van der Waals surface area contributed by atoms with Crippen LogP contribution >= 0.6 is 0 Å². The molecule has 0 aromatic heterocycles. The van der Waals surface area contributed by atoms with Crippen molar-refractivity contribution >= 4 is 0 Å². The van der Waals surface area contributed by atoms with E-state index in [9.17, 15) is 0 Å². The van der Waals surface area contributed by atoms with Gasteiger partial charge in [0.25, 0.3) is 0 Å². The van der Waals surface area contributed by atoms with Gasteiger partial charge in [-0.2, -0.15) is 12.2 Å². The fourth-order valence-corrected chi connectivity index (χ4v) is 0.451. The Hall–Kier alpha value is -0.417. The molecule has 0 aromatic carbocycles. The summed E-state index contributed by atoms with van der Waals surface area (Å²) in [5, 5.41) is 0. The van der Waals surface area contributed by atoms with E-state index in [4.69, 9.17) is 6.58 Å². The van der Waals surface area contributed by atoms with Crippen molar-refractivity contribution < 1.29 is 19.5 Å². The fraction of sp³-hybridized carbons (Fsp3) is 0.200. The maximum Gasteiger partial charge on any atom is 2.00 e. The first-order valence-electron chi connectivity index (χ1n) is 3.29. The third kappa shape index (κ3) is 12.7. The van der Waals surface area contributed by atoms with Crippen LogP contribution in [0, 0.1) is 12.7 Å². The second-order valence-corrected chi connectivity index (χ2v) is 1.72. The van der Waals surface area contributed by atoms with E-state index in [1.165, 1.54) is 6.08 Å². The topological polar surface area (TPSA) is 0 Å². The van der Waals surface area contributed by atoms with Crippen molar-refractivity contribution in [1.82, 2.24) is 0 Å². The summed E-state index contributed by atoms with van der Waals surface area (Å²) in [6.07, 6.45) is 15.2. The maximum atomic E-state index is 4.93. The summed E-state index contributed by atoms with van der Waals surface area (Å²) in [6, 6.07) is 0. The van der Waals surface area contributed by atoms with Gasteiger partial charge < -0.3 is 0 Å². The molecule has 60 valence electrons. The summed E-state index contributed by atoms with van der Waals surface area (Å²) in [7, 11) is 0. The first kappa shape index (κ1) is 13.2. The Labute approximate surface area is 82.1 Å². The quantitative estimate of drug-likeness (QED) is 0.371. The average Bonchev–Trinajstić information content (AvgIpc) is 2.44. The molecular formula is C10H12Ru. The van der Waals surface area contributed by atoms with E-state index in [1.54, 1.807) is 6.08 Å². The van der Waals surface area contributed by atoms with Gasteiger partial charge in [-0.3, -0.25) is 12.7 Å². The van der Waals surface area contributed by atoms with Gasteiger partial charge in [-0.1, -0.05) is 6.92 Å². The summed E-state index contributed by atoms with van der Waals surface area (Å²) in [5.74, 6) is 0. The predicted octanol–water partition coefficient (Wildman–Crippen LogP) is 2.85. The molecule has 11 heavy (non-hydrogen) atoms. The number of hydrogen-bond donors (Lipinski definition) is 0. The van der Waals surface area contributed by atoms with Gasteiger partial charge in [0, 0.05) is 0 Å². The second-order valence-electron chi connectivity index (χ2n) is 1.72. The van der Waals surface area contributed by atoms with E-state index in [0.29, 0.717) is 0 Å². The summed E-state index contributed by atoms with van der Waals surface area (Å²) < 4.78 is 0. The van der Waals surface area contributed by atoms with Crippen molar-refractivity contribution in [3.05, 3.63) is 49.1 Å². The number of rotatable bonds is 1. The van der Waals surface area contributed by atoms with Crippen molar-refractivity contribution in [2.45, 2.75) is 13.3 Å². The molecule has 0 saturated carbocycles. The minimum atomic E-state index is 0. The molecule has 0 amide bonds. The van der Waals surface area contributed by atoms with Crippen LogP contribution in [0.25, 0.3) is 0 Å². The predicted molar refractivity (Wildman–Crippen MR) is 45.3 cm³/mol. The third-order valence-electron chi connectivity index (χ3n) is 0.889. The fourth-order valence-electron chi connectivity index (χ4n) is 0.451. The van der Waals surface area contributed by atoms with Crippen LogP contribution in [0.3, 0.4) is 0 Å². The maximum absolute atomic E-state index is 4.93. The smallest absolute Gasteiger partial charge is 0.293 e. The van der Waals surface area contributed by atoms with E-state index in [1.807, 2.05) is 25.2 Å². The molecule has 0 radical (unpaired) electrons. The van der Waals surface area contributed by atoms with Gasteiger partial charge in [-0.05, 0) is 0 Å². The Balaban J connectivity index is 0. The molecule has 1 aliphatic rings. The van der Waals surface area contributed by atoms with Crippen molar-refractivity contribution in [2.24, 2.45) is 0 Å². The molecule has 0 unspecified atom stereocenters. The molecule has 0 fully saturated rings. The number of allylic oxidation sites excluding steroid dienone is 7. The molecule has 0 heterocycles. The molecule has 1 heteroatoms. The molecule has 0 aromatic rings. The summed E-state index contributed by atoms with van der Waals surface area (Å²) >= 11 is 0. The van der Waals surface area contributed by atoms with E-state index in [-0.39, 0.29) is 19.5 Å². The van der Waals surface area contributed by atoms with Crippen LogP contribution in [0.15, 0.2) is 36.5 Å². The molecule has 0 aliphatic heterocycles. The Morgan fingerprint density at radius 2 is 2.27 bits per heavy atom. The van der Waals surface area contributed by atoms with E-state index in [2.05, 4.69) is 12.2 Å². The van der Waals surface area contributed by atoms with Crippen LogP contribution in [0.5, 0.6) is 0 Å². The molecule has 1 aliphatic carbocycles. The van der Waals surface area contributed by atoms with Crippen LogP contribution in [0.4, 0.5) is 0 Å². The van der Waals surface area contributed by atoms with Gasteiger partial charge in [0.05, 0.1) is 0 Å². The van der Waals surface area contributed by atoms with Gasteiger partial charge in [-0.15, -0.1) is 6.42 Å². The zero-order chi connectivity index (χ0) is 7.66. The first-order chi connectivity index (χ1) is 4.91. The number of hydrogen-bond acceptors (Lipinski definition) is 0. The summed E-state index contributed by atoms with van der Waals surface area (Å²) in [5.41, 5.74) is 0. The SMILES string of the molecule is [C-]1=CC=CC1.[CH-]=CC=CC.[Ru+2]. The minimum Gasteiger partial charge on any atom is -0.293 e. The summed E-state index contributed by atoms with van der Waals surface area (Å²) in [6.45, 7) is 6.85. The average molecular weight is 233 g/mol. The minimum absolute atomic E-state index is 0. The van der Waals surface area contributed by atoms with Gasteiger partial charge >= 0.3 is 19.5 Å². The van der Waals surface area contributed by atoms with Gasteiger partial charge in [0.1, 0.15) is 0 Å². The van der Waals surface area contributed by atoms with E-state index < -0.39 is 0 Å². The third-order valence-corrected chi connectivity index (χ3v) is 0.889. The Morgan fingerprint density at radius 1 is 1.55 bits per heavy atom. The molecule has 0 N–H and O–H groups in total. The zero-order valence-electron chi connectivity index (χ0n) is 6.60. The largest absolute Gasteiger partial charge is 2.00 e. The molecule has 1 rings (SSSR count). The van der Waals surface area contributed by atoms with Crippen molar-refractivity contribution in [3.8, 4) is 0 Å². The van der Waals surface area contributed by atoms with Gasteiger partial charge in [0.2, 0.25) is 0 Å². The zero-order valence-corrected chi connectivity index (χ0v) is 8.34. The molecule has 0 bridgehead atoms. The van der Waals surface area contributed by atoms with E-state index in [0.717, 1.165) is 6.42 Å². The van der Waals surface area contributed by atoms with Crippen LogP contribution in [0.1, 0.15) is 13.3 Å². The van der Waals surface area contributed by atoms with Gasteiger partial charge in [-0.25, -0.2) is 24.3 Å². The monoisotopic (exact) mass is 234 g/mol. The van der Waals surface area contributed by atoms with Gasteiger partial charge in [0.15, 0.2) is 0 Å². The molecule has 0 saturated heterocycles. The van der Waals surface area contributed by atoms with Crippen LogP contribution < -0.4 is 0 Å². The Morgan fingerprint density at radius 3 is 2.36 bits per heavy atom. The van der Waals surface area contributed by atoms with E-state index >= 15 is 0 Å². The second kappa shape index (κ2) is 12.3. The summed E-state index contributed by atoms with van der Waals surface area (Å²) in [4.78, 5) is 0. The molecule has 0 atom stereocenters. The van der Waals surface area contributed by atoms with Crippen LogP contribution in [-0.2, 0) is 19.5 Å². The molecular weight excluding hydrogens is 221 g/mol. The van der Waals surface area contributed by atoms with Crippen LogP contribution in [0.2, 0.25) is 0 Å². The van der Waals surface area contributed by atoms with Crippen LogP contribution in [-0.4, -0.2) is 0 Å². The Kier molecular flexibility index (Phi) is 14.7. The first-order valence-corrected chi connectivity index (χ1v) is 3.29. The standard InChI is InChI=1S/C5H5.C5H7.Ru/c1-2-4-5-3-1;1-3-5-4-2;/h1-3H,4H2;1,3-5H,2H3;/q2*-1;+2. The molecule has 0 nitrogen and oxygen atoms in total. The van der Waals surface area contributed by atoms with Crippen molar-refractivity contribution in [2.75, 3.05) is 0 Å². The Bertz CT molecular complexity index is 140. The van der Waals surface area contributed by atoms with Crippen molar-refractivity contribution in [1.29, 1.82) is 0 Å². The normalized spacial score (nSPS) is 12.1. The van der Waals surface area contributed by atoms with Crippen molar-refractivity contribution in [3.63, 3.8) is 0 Å². The molecule has 0 spiro atoms.